The highest BCUT2D eigenvalue weighted by molar-refractivity contribution is 7.15. The first kappa shape index (κ1) is 33.6. The van der Waals surface area contributed by atoms with E-state index in [-0.39, 0.29) is 18.9 Å². The van der Waals surface area contributed by atoms with E-state index in [0.29, 0.717) is 22.7 Å². The number of nitrogens with zero attached hydrogens (tertiary/aromatic N) is 7. The molecule has 0 spiro atoms. The SMILES string of the molecule is Cc1sc2c(c1C)C(c1ccc(Cl)cc1)=N[C@@H](CCN1CCN(Cc3ccc4c(c3)C(=O)N(C3CCC(=O)NC3=O)C4=O)CC1)c1nnc(C)n1-2. The number of carbonyl (C=O) groups excluding carboxylic acids is 4. The van der Waals surface area contributed by atoms with Crippen LogP contribution in [0.4, 0.5) is 0 Å². The van der Waals surface area contributed by atoms with Crippen LogP contribution in [0.1, 0.15) is 84.8 Å². The highest BCUT2D eigenvalue weighted by Gasteiger charge is 2.44. The second-order valence-corrected chi connectivity index (χ2v) is 15.3. The number of hydrogen-bond acceptors (Lipinski definition) is 10. The van der Waals surface area contributed by atoms with Crippen LogP contribution in [-0.2, 0) is 16.1 Å². The molecule has 4 aliphatic rings. The summed E-state index contributed by atoms with van der Waals surface area (Å²) in [6.45, 7) is 11.2. The number of piperidine rings is 1. The lowest BCUT2D eigenvalue weighted by Crippen LogP contribution is -2.54. The number of aliphatic imine (C=N–C) groups is 1. The maximum absolute atomic E-state index is 13.3. The van der Waals surface area contributed by atoms with Gasteiger partial charge < -0.3 is 4.90 Å². The number of rotatable bonds is 7. The Bertz CT molecular complexity index is 2130. The summed E-state index contributed by atoms with van der Waals surface area (Å²) < 4.78 is 2.19. The van der Waals surface area contributed by atoms with E-state index < -0.39 is 29.7 Å². The predicted octanol–water partition coefficient (Wildman–Crippen LogP) is 4.41. The Morgan fingerprint density at radius 2 is 1.63 bits per heavy atom. The standard InChI is InChI=1S/C37H37ClN8O4S/c1-20-21(2)51-37-31(20)32(24-5-7-25(38)8-6-24)39-28(33-42-41-22(3)45(33)37)12-13-43-14-16-44(17-15-43)19-23-4-9-26-27(18-23)36(50)46(35(26)49)29-10-11-30(47)40-34(29)48/h4-9,18,28-29H,10-17,19H2,1-3H3,(H,40,47,48)/t28-,29?/m0/s1. The Kier molecular flexibility index (Phi) is 8.69. The third-order valence-corrected chi connectivity index (χ3v) is 11.9. The van der Waals surface area contributed by atoms with Crippen molar-refractivity contribution in [2.24, 2.45) is 4.99 Å². The number of hydrogen-bond donors (Lipinski definition) is 1. The van der Waals surface area contributed by atoms with Gasteiger partial charge >= 0.3 is 0 Å². The zero-order chi connectivity index (χ0) is 35.6. The van der Waals surface area contributed by atoms with Gasteiger partial charge in [0.2, 0.25) is 11.8 Å². The van der Waals surface area contributed by atoms with Crippen molar-refractivity contribution in [1.29, 1.82) is 0 Å². The van der Waals surface area contributed by atoms with E-state index in [0.717, 1.165) is 83.1 Å². The Hall–Kier alpha value is -4.56. The molecule has 2 aromatic heterocycles. The molecule has 14 heteroatoms. The van der Waals surface area contributed by atoms with Gasteiger partial charge in [-0.1, -0.05) is 29.8 Å². The summed E-state index contributed by atoms with van der Waals surface area (Å²) in [7, 11) is 0. The lowest BCUT2D eigenvalue weighted by atomic mass is 9.99. The normalized spacial score (nSPS) is 20.9. The van der Waals surface area contributed by atoms with Crippen molar-refractivity contribution >= 4 is 52.3 Å². The predicted molar refractivity (Wildman–Crippen MR) is 193 cm³/mol. The average Bonchev–Trinajstić information content (AvgIpc) is 3.68. The minimum absolute atomic E-state index is 0.0931. The number of halogens is 1. The third-order valence-electron chi connectivity index (χ3n) is 10.5. The molecule has 6 heterocycles. The smallest absolute Gasteiger partial charge is 0.262 e. The van der Waals surface area contributed by atoms with Gasteiger partial charge in [-0.15, -0.1) is 21.5 Å². The molecule has 8 rings (SSSR count). The van der Waals surface area contributed by atoms with Crippen LogP contribution in [0.15, 0.2) is 47.5 Å². The monoisotopic (exact) mass is 724 g/mol. The largest absolute Gasteiger partial charge is 0.301 e. The molecular weight excluding hydrogens is 688 g/mol. The molecule has 1 N–H and O–H groups in total. The van der Waals surface area contributed by atoms with Gasteiger partial charge in [-0.3, -0.25) is 43.9 Å². The molecule has 4 aliphatic heterocycles. The van der Waals surface area contributed by atoms with Gasteiger partial charge in [-0.25, -0.2) is 0 Å². The molecular formula is C37H37ClN8O4S. The second-order valence-electron chi connectivity index (χ2n) is 13.6. The topological polar surface area (TPSA) is 133 Å². The Balaban J connectivity index is 0.943. The molecule has 4 amide bonds. The van der Waals surface area contributed by atoms with Crippen molar-refractivity contribution < 1.29 is 19.2 Å². The summed E-state index contributed by atoms with van der Waals surface area (Å²) in [5.74, 6) is -0.262. The maximum Gasteiger partial charge on any atom is 0.262 e. The van der Waals surface area contributed by atoms with Crippen LogP contribution in [-0.4, -0.2) is 97.6 Å². The first-order valence-corrected chi connectivity index (χ1v) is 18.4. The summed E-state index contributed by atoms with van der Waals surface area (Å²) in [6, 6.07) is 12.1. The third kappa shape index (κ3) is 6.01. The number of fused-ring (bicyclic) bond motifs is 4. The van der Waals surface area contributed by atoms with Crippen LogP contribution in [0.3, 0.4) is 0 Å². The molecule has 2 atom stereocenters. The van der Waals surface area contributed by atoms with Crippen LogP contribution < -0.4 is 5.32 Å². The number of carbonyl (C=O) groups is 4. The molecule has 0 radical (unpaired) electrons. The van der Waals surface area contributed by atoms with Gasteiger partial charge in [0.05, 0.1) is 16.8 Å². The van der Waals surface area contributed by atoms with E-state index in [1.807, 2.05) is 37.3 Å². The molecule has 4 aromatic rings. The summed E-state index contributed by atoms with van der Waals surface area (Å²) in [5, 5.41) is 13.2. The van der Waals surface area contributed by atoms with E-state index in [1.165, 1.54) is 10.4 Å². The Labute approximate surface area is 304 Å². The van der Waals surface area contributed by atoms with Gasteiger partial charge in [0.15, 0.2) is 5.82 Å². The number of aryl methyl sites for hydroxylation is 2. The van der Waals surface area contributed by atoms with Gasteiger partial charge in [-0.05, 0) is 69.0 Å². The van der Waals surface area contributed by atoms with Gasteiger partial charge in [-0.2, -0.15) is 0 Å². The average molecular weight is 725 g/mol. The van der Waals surface area contributed by atoms with Gasteiger partial charge in [0.1, 0.15) is 22.9 Å². The van der Waals surface area contributed by atoms with E-state index in [1.54, 1.807) is 23.5 Å². The number of benzene rings is 2. The summed E-state index contributed by atoms with van der Waals surface area (Å²) in [6.07, 6.45) is 1.02. The molecule has 2 saturated heterocycles. The summed E-state index contributed by atoms with van der Waals surface area (Å²) >= 11 is 8.02. The Morgan fingerprint density at radius 3 is 2.37 bits per heavy atom. The number of nitrogens with one attached hydrogen (secondary N) is 1. The van der Waals surface area contributed by atoms with E-state index in [2.05, 4.69) is 43.7 Å². The lowest BCUT2D eigenvalue weighted by Gasteiger charge is -2.35. The quantitative estimate of drug-likeness (QED) is 0.278. The molecule has 1 unspecified atom stereocenters. The van der Waals surface area contributed by atoms with Gasteiger partial charge in [0.25, 0.3) is 11.8 Å². The second kappa shape index (κ2) is 13.2. The molecule has 0 aliphatic carbocycles. The van der Waals surface area contributed by atoms with E-state index in [4.69, 9.17) is 16.6 Å². The number of thiophene rings is 1. The van der Waals surface area contributed by atoms with Crippen LogP contribution in [0.25, 0.3) is 5.00 Å². The number of imide groups is 2. The fourth-order valence-electron chi connectivity index (χ4n) is 7.54. The zero-order valence-corrected chi connectivity index (χ0v) is 30.2. The minimum Gasteiger partial charge on any atom is -0.301 e. The molecule has 262 valence electrons. The minimum atomic E-state index is -0.971. The summed E-state index contributed by atoms with van der Waals surface area (Å²) in [4.78, 5) is 62.9. The number of piperazine rings is 1. The van der Waals surface area contributed by atoms with Crippen molar-refractivity contribution in [3.05, 3.63) is 97.4 Å². The maximum atomic E-state index is 13.3. The van der Waals surface area contributed by atoms with Crippen LogP contribution in [0.5, 0.6) is 0 Å². The Morgan fingerprint density at radius 1 is 0.902 bits per heavy atom. The first-order chi connectivity index (χ1) is 24.6. The highest BCUT2D eigenvalue weighted by atomic mass is 35.5. The number of amides is 4. The van der Waals surface area contributed by atoms with Crippen molar-refractivity contribution in [3.63, 3.8) is 0 Å². The van der Waals surface area contributed by atoms with Crippen molar-refractivity contribution in [3.8, 4) is 5.00 Å². The molecule has 0 bridgehead atoms. The molecule has 2 aromatic carbocycles. The molecule has 2 fully saturated rings. The first-order valence-electron chi connectivity index (χ1n) is 17.2. The van der Waals surface area contributed by atoms with Crippen molar-refractivity contribution in [1.82, 2.24) is 34.8 Å². The van der Waals surface area contributed by atoms with Crippen molar-refractivity contribution in [2.45, 2.75) is 58.7 Å². The van der Waals surface area contributed by atoms with E-state index in [9.17, 15) is 19.2 Å². The fourth-order valence-corrected chi connectivity index (χ4v) is 8.88. The van der Waals surface area contributed by atoms with Crippen LogP contribution in [0, 0.1) is 20.8 Å². The van der Waals surface area contributed by atoms with Crippen LogP contribution >= 0.6 is 22.9 Å². The molecule has 0 saturated carbocycles. The van der Waals surface area contributed by atoms with Crippen LogP contribution in [0.2, 0.25) is 5.02 Å². The van der Waals surface area contributed by atoms with Gasteiger partial charge in [0, 0.05) is 66.7 Å². The fraction of sp³-hybridized carbons (Fsp3) is 0.378. The molecule has 51 heavy (non-hydrogen) atoms. The lowest BCUT2D eigenvalue weighted by molar-refractivity contribution is -0.136. The molecule has 12 nitrogen and oxygen atoms in total. The van der Waals surface area contributed by atoms with Crippen molar-refractivity contribution in [2.75, 3.05) is 32.7 Å². The van der Waals surface area contributed by atoms with E-state index >= 15 is 0 Å². The highest BCUT2D eigenvalue weighted by Crippen LogP contribution is 2.40. The zero-order valence-electron chi connectivity index (χ0n) is 28.6. The number of aromatic nitrogens is 3. The summed E-state index contributed by atoms with van der Waals surface area (Å²) in [5.41, 5.74) is 5.86.